The van der Waals surface area contributed by atoms with Crippen LogP contribution in [0, 0.1) is 0 Å². The van der Waals surface area contributed by atoms with Gasteiger partial charge in [0.15, 0.2) is 0 Å². The molecule has 0 radical (unpaired) electrons. The maximum Gasteiger partial charge on any atom is 0.264 e. The Kier molecular flexibility index (Phi) is 12.7. The summed E-state index contributed by atoms with van der Waals surface area (Å²) in [4.78, 5) is 30.0. The number of para-hydroxylation sites is 1. The van der Waals surface area contributed by atoms with Crippen molar-refractivity contribution < 1.29 is 18.0 Å². The van der Waals surface area contributed by atoms with Gasteiger partial charge in [0, 0.05) is 35.1 Å². The van der Waals surface area contributed by atoms with Crippen LogP contribution in [-0.2, 0) is 39.0 Å². The summed E-state index contributed by atoms with van der Waals surface area (Å²) in [5.41, 5.74) is 2.45. The molecule has 4 aromatic carbocycles. The summed E-state index contributed by atoms with van der Waals surface area (Å²) in [5.74, 6) is -0.923. The molecule has 0 bridgehead atoms. The first kappa shape index (κ1) is 35.0. The standard InChI is InChI=1S/C36H39Cl2N3O4S/c1-3-5-23-39-36(43)34(24-27-15-8-6-9-16-27)40(25-30-31(37)20-14-21-32(30)38)35(42)26-41(33-22-13-12-17-28(33)4-2)46(44,45)29-18-10-7-11-19-29/h6-22,34H,3-5,23-26H2,1-2H3,(H,39,43)/t34-/m0/s1. The lowest BCUT2D eigenvalue weighted by Crippen LogP contribution is -2.53. The molecule has 4 rings (SSSR count). The van der Waals surface area contributed by atoms with Crippen LogP contribution in [0.2, 0.25) is 10.0 Å². The highest BCUT2D eigenvalue weighted by Gasteiger charge is 2.35. The van der Waals surface area contributed by atoms with E-state index in [0.29, 0.717) is 34.3 Å². The average Bonchev–Trinajstić information content (AvgIpc) is 3.07. The first-order chi connectivity index (χ1) is 22.2. The topological polar surface area (TPSA) is 86.8 Å². The predicted octanol–water partition coefficient (Wildman–Crippen LogP) is 7.31. The fraction of sp³-hybridized carbons (Fsp3) is 0.278. The van der Waals surface area contributed by atoms with Gasteiger partial charge in [0.1, 0.15) is 12.6 Å². The van der Waals surface area contributed by atoms with Crippen molar-refractivity contribution in [2.45, 2.75) is 57.0 Å². The molecular weight excluding hydrogens is 641 g/mol. The van der Waals surface area contributed by atoms with Gasteiger partial charge in [-0.1, -0.05) is 116 Å². The Hall–Kier alpha value is -3.85. The van der Waals surface area contributed by atoms with E-state index in [9.17, 15) is 18.0 Å². The minimum atomic E-state index is -4.19. The number of hydrogen-bond donors (Lipinski definition) is 1. The molecule has 46 heavy (non-hydrogen) atoms. The summed E-state index contributed by atoms with van der Waals surface area (Å²) >= 11 is 13.2. The van der Waals surface area contributed by atoms with Crippen molar-refractivity contribution in [2.24, 2.45) is 0 Å². The quantitative estimate of drug-likeness (QED) is 0.134. The molecule has 1 N–H and O–H groups in total. The fourth-order valence-corrected chi connectivity index (χ4v) is 7.19. The highest BCUT2D eigenvalue weighted by atomic mass is 35.5. The molecule has 4 aromatic rings. The highest BCUT2D eigenvalue weighted by molar-refractivity contribution is 7.92. The normalized spacial score (nSPS) is 11.9. The molecule has 0 unspecified atom stereocenters. The second kappa shape index (κ2) is 16.6. The van der Waals surface area contributed by atoms with E-state index in [1.54, 1.807) is 48.5 Å². The number of carbonyl (C=O) groups excluding carboxylic acids is 2. The summed E-state index contributed by atoms with van der Waals surface area (Å²) < 4.78 is 29.6. The first-order valence-electron chi connectivity index (χ1n) is 15.4. The van der Waals surface area contributed by atoms with Crippen LogP contribution in [0.3, 0.4) is 0 Å². The van der Waals surface area contributed by atoms with E-state index < -0.39 is 28.5 Å². The van der Waals surface area contributed by atoms with E-state index in [-0.39, 0.29) is 23.8 Å². The Morgan fingerprint density at radius 1 is 0.804 bits per heavy atom. The minimum absolute atomic E-state index is 0.0487. The maximum atomic E-state index is 14.7. The van der Waals surface area contributed by atoms with Gasteiger partial charge in [-0.25, -0.2) is 8.42 Å². The molecule has 0 aliphatic heterocycles. The number of unbranched alkanes of at least 4 members (excludes halogenated alkanes) is 1. The zero-order chi connectivity index (χ0) is 33.1. The largest absolute Gasteiger partial charge is 0.354 e. The van der Waals surface area contributed by atoms with Crippen LogP contribution in [0.1, 0.15) is 43.4 Å². The van der Waals surface area contributed by atoms with Gasteiger partial charge < -0.3 is 10.2 Å². The lowest BCUT2D eigenvalue weighted by atomic mass is 10.0. The Balaban J connectivity index is 1.84. The third-order valence-corrected chi connectivity index (χ3v) is 10.2. The van der Waals surface area contributed by atoms with Crippen molar-refractivity contribution in [2.75, 3.05) is 17.4 Å². The summed E-state index contributed by atoms with van der Waals surface area (Å²) in [7, 11) is -4.19. The van der Waals surface area contributed by atoms with Crippen molar-refractivity contribution in [3.63, 3.8) is 0 Å². The number of carbonyl (C=O) groups is 2. The van der Waals surface area contributed by atoms with Gasteiger partial charge in [-0.3, -0.25) is 13.9 Å². The van der Waals surface area contributed by atoms with Gasteiger partial charge >= 0.3 is 0 Å². The summed E-state index contributed by atoms with van der Waals surface area (Å²) in [6.45, 7) is 3.73. The third kappa shape index (κ3) is 8.69. The smallest absolute Gasteiger partial charge is 0.264 e. The van der Waals surface area contributed by atoms with E-state index >= 15 is 0 Å². The molecule has 0 fully saturated rings. The number of sulfonamides is 1. The number of aryl methyl sites for hydroxylation is 1. The van der Waals surface area contributed by atoms with Gasteiger partial charge in [-0.15, -0.1) is 0 Å². The Morgan fingerprint density at radius 2 is 1.41 bits per heavy atom. The van der Waals surface area contributed by atoms with Gasteiger partial charge in [0.2, 0.25) is 11.8 Å². The molecule has 7 nitrogen and oxygen atoms in total. The molecule has 0 spiro atoms. The summed E-state index contributed by atoms with van der Waals surface area (Å²) in [5, 5.41) is 3.65. The molecule has 0 saturated heterocycles. The van der Waals surface area contributed by atoms with Crippen molar-refractivity contribution >= 4 is 50.7 Å². The molecule has 1 atom stereocenters. The van der Waals surface area contributed by atoms with Gasteiger partial charge in [-0.05, 0) is 54.3 Å². The van der Waals surface area contributed by atoms with Crippen LogP contribution in [-0.4, -0.2) is 44.3 Å². The van der Waals surface area contributed by atoms with Crippen molar-refractivity contribution in [1.29, 1.82) is 0 Å². The second-order valence-corrected chi connectivity index (χ2v) is 13.6. The van der Waals surface area contributed by atoms with E-state index in [1.807, 2.05) is 56.3 Å². The van der Waals surface area contributed by atoms with Gasteiger partial charge in [-0.2, -0.15) is 0 Å². The number of nitrogens with one attached hydrogen (secondary N) is 1. The van der Waals surface area contributed by atoms with Crippen molar-refractivity contribution in [3.8, 4) is 0 Å². The Labute approximate surface area is 282 Å². The Morgan fingerprint density at radius 3 is 2.04 bits per heavy atom. The van der Waals surface area contributed by atoms with E-state index in [2.05, 4.69) is 5.32 Å². The van der Waals surface area contributed by atoms with Gasteiger partial charge in [0.25, 0.3) is 10.0 Å². The molecule has 0 heterocycles. The van der Waals surface area contributed by atoms with Crippen LogP contribution < -0.4 is 9.62 Å². The molecule has 0 saturated carbocycles. The average molecular weight is 681 g/mol. The SMILES string of the molecule is CCCCNC(=O)[C@H](Cc1ccccc1)N(Cc1c(Cl)cccc1Cl)C(=O)CN(c1ccccc1CC)S(=O)(=O)c1ccccc1. The lowest BCUT2D eigenvalue weighted by molar-refractivity contribution is -0.140. The van der Waals surface area contributed by atoms with E-state index in [4.69, 9.17) is 23.2 Å². The highest BCUT2D eigenvalue weighted by Crippen LogP contribution is 2.30. The predicted molar refractivity (Wildman–Crippen MR) is 186 cm³/mol. The number of halogens is 2. The van der Waals surface area contributed by atoms with Crippen molar-refractivity contribution in [1.82, 2.24) is 10.2 Å². The zero-order valence-electron chi connectivity index (χ0n) is 26.0. The van der Waals surface area contributed by atoms with Crippen molar-refractivity contribution in [3.05, 3.63) is 130 Å². The number of amides is 2. The number of benzene rings is 4. The lowest BCUT2D eigenvalue weighted by Gasteiger charge is -2.34. The minimum Gasteiger partial charge on any atom is -0.354 e. The van der Waals surface area contributed by atoms with E-state index in [0.717, 1.165) is 28.3 Å². The molecule has 10 heteroatoms. The van der Waals surface area contributed by atoms with Crippen LogP contribution in [0.15, 0.2) is 108 Å². The Bertz CT molecular complexity index is 1700. The van der Waals surface area contributed by atoms with E-state index in [1.165, 1.54) is 17.0 Å². The molecule has 242 valence electrons. The number of hydrogen-bond acceptors (Lipinski definition) is 4. The summed E-state index contributed by atoms with van der Waals surface area (Å²) in [6, 6.07) is 28.6. The fourth-order valence-electron chi connectivity index (χ4n) is 5.20. The number of anilines is 1. The molecule has 2 amide bonds. The van der Waals surface area contributed by atoms with Crippen LogP contribution >= 0.6 is 23.2 Å². The van der Waals surface area contributed by atoms with Crippen LogP contribution in [0.25, 0.3) is 0 Å². The van der Waals surface area contributed by atoms with Gasteiger partial charge in [0.05, 0.1) is 10.6 Å². The summed E-state index contributed by atoms with van der Waals surface area (Å²) in [6.07, 6.45) is 2.39. The third-order valence-electron chi connectivity index (χ3n) is 7.74. The molecule has 0 aliphatic rings. The molecule has 0 aromatic heterocycles. The molecule has 0 aliphatic carbocycles. The zero-order valence-corrected chi connectivity index (χ0v) is 28.4. The van der Waals surface area contributed by atoms with Crippen LogP contribution in [0.4, 0.5) is 5.69 Å². The molecular formula is C36H39Cl2N3O4S. The second-order valence-electron chi connectivity index (χ2n) is 10.9. The number of rotatable bonds is 15. The van der Waals surface area contributed by atoms with Crippen LogP contribution in [0.5, 0.6) is 0 Å². The maximum absolute atomic E-state index is 14.7. The first-order valence-corrected chi connectivity index (χ1v) is 17.6. The monoisotopic (exact) mass is 679 g/mol. The number of nitrogens with zero attached hydrogens (tertiary/aromatic N) is 2.